The van der Waals surface area contributed by atoms with Crippen LogP contribution in [0.3, 0.4) is 0 Å². The standard InChI is InChI=1S/C28H23FN4O2S/c1-16(2)19-5-4-6-21(15-19)33-27(35)24(14-18-8-10-20(29)11-9-18)36-28(33)32-31-25-22-13-17(3)7-12-23(22)30-26(25)34/h4-16H,1-3H3,(H,30,31,34). The first-order chi connectivity index (χ1) is 17.3. The van der Waals surface area contributed by atoms with Crippen molar-refractivity contribution in [1.82, 2.24) is 0 Å². The average molecular weight is 499 g/mol. The lowest BCUT2D eigenvalue weighted by molar-refractivity contribution is -0.113. The summed E-state index contributed by atoms with van der Waals surface area (Å²) in [6.07, 6.45) is 1.70. The predicted molar refractivity (Wildman–Crippen MR) is 144 cm³/mol. The Hall–Kier alpha value is -4.04. The van der Waals surface area contributed by atoms with Gasteiger partial charge >= 0.3 is 0 Å². The van der Waals surface area contributed by atoms with Crippen LogP contribution in [0.25, 0.3) is 6.08 Å². The summed E-state index contributed by atoms with van der Waals surface area (Å²) >= 11 is 1.16. The van der Waals surface area contributed by atoms with E-state index >= 15 is 0 Å². The molecule has 0 saturated carbocycles. The molecule has 5 rings (SSSR count). The highest BCUT2D eigenvalue weighted by molar-refractivity contribution is 8.19. The molecule has 8 heteroatoms. The highest BCUT2D eigenvalue weighted by Crippen LogP contribution is 2.37. The van der Waals surface area contributed by atoms with Crippen LogP contribution in [-0.2, 0) is 9.59 Å². The van der Waals surface area contributed by atoms with Gasteiger partial charge in [-0.1, -0.05) is 49.7 Å². The van der Waals surface area contributed by atoms with Gasteiger partial charge in [0.05, 0.1) is 16.3 Å². The monoisotopic (exact) mass is 498 g/mol. The van der Waals surface area contributed by atoms with Crippen LogP contribution < -0.4 is 10.2 Å². The molecule has 0 radical (unpaired) electrons. The van der Waals surface area contributed by atoms with Crippen molar-refractivity contribution in [1.29, 1.82) is 0 Å². The summed E-state index contributed by atoms with van der Waals surface area (Å²) in [5.41, 5.74) is 4.97. The maximum absolute atomic E-state index is 13.5. The molecule has 0 aliphatic carbocycles. The Balaban J connectivity index is 1.59. The maximum atomic E-state index is 13.5. The second-order valence-electron chi connectivity index (χ2n) is 8.89. The summed E-state index contributed by atoms with van der Waals surface area (Å²) in [5, 5.41) is 11.8. The van der Waals surface area contributed by atoms with E-state index < -0.39 is 0 Å². The van der Waals surface area contributed by atoms with Crippen molar-refractivity contribution < 1.29 is 14.0 Å². The van der Waals surface area contributed by atoms with E-state index in [0.29, 0.717) is 32.6 Å². The molecule has 1 N–H and O–H groups in total. The summed E-state index contributed by atoms with van der Waals surface area (Å²) in [6, 6.07) is 19.2. The first kappa shape index (κ1) is 23.7. The van der Waals surface area contributed by atoms with Gasteiger partial charge in [0.25, 0.3) is 11.8 Å². The van der Waals surface area contributed by atoms with E-state index in [2.05, 4.69) is 29.4 Å². The third kappa shape index (κ3) is 4.59. The summed E-state index contributed by atoms with van der Waals surface area (Å²) in [5.74, 6) is -0.689. The number of carbonyl (C=O) groups is 2. The molecule has 0 unspecified atom stereocenters. The fraction of sp³-hybridized carbons (Fsp3) is 0.143. The van der Waals surface area contributed by atoms with Gasteiger partial charge in [0, 0.05) is 5.56 Å². The number of anilines is 2. The van der Waals surface area contributed by atoms with Gasteiger partial charge in [0.1, 0.15) is 5.82 Å². The van der Waals surface area contributed by atoms with Gasteiger partial charge in [0.2, 0.25) is 5.17 Å². The Morgan fingerprint density at radius 1 is 1.00 bits per heavy atom. The lowest BCUT2D eigenvalue weighted by atomic mass is 10.0. The zero-order valence-corrected chi connectivity index (χ0v) is 20.8. The van der Waals surface area contributed by atoms with Crippen LogP contribution in [0.5, 0.6) is 0 Å². The fourth-order valence-corrected chi connectivity index (χ4v) is 4.89. The molecule has 2 aliphatic rings. The minimum Gasteiger partial charge on any atom is -0.320 e. The van der Waals surface area contributed by atoms with Crippen LogP contribution >= 0.6 is 11.8 Å². The van der Waals surface area contributed by atoms with Crippen molar-refractivity contribution in [2.24, 2.45) is 10.2 Å². The van der Waals surface area contributed by atoms with Crippen LogP contribution in [0.15, 0.2) is 81.8 Å². The lowest BCUT2D eigenvalue weighted by Gasteiger charge is -2.17. The van der Waals surface area contributed by atoms with E-state index in [1.807, 2.05) is 49.4 Å². The molecule has 2 aliphatic heterocycles. The number of nitrogens with zero attached hydrogens (tertiary/aromatic N) is 3. The molecule has 3 aromatic carbocycles. The number of halogens is 1. The molecule has 1 fully saturated rings. The molecule has 0 bridgehead atoms. The van der Waals surface area contributed by atoms with Gasteiger partial charge in [-0.15, -0.1) is 10.2 Å². The maximum Gasteiger partial charge on any atom is 0.276 e. The molecule has 0 atom stereocenters. The number of amides is 2. The third-order valence-electron chi connectivity index (χ3n) is 5.90. The van der Waals surface area contributed by atoms with Gasteiger partial charge in [-0.3, -0.25) is 14.5 Å². The van der Waals surface area contributed by atoms with Gasteiger partial charge in [-0.2, -0.15) is 0 Å². The number of thioether (sulfide) groups is 1. The lowest BCUT2D eigenvalue weighted by Crippen LogP contribution is -2.29. The van der Waals surface area contributed by atoms with Gasteiger partial charge in [-0.05, 0) is 78.2 Å². The summed E-state index contributed by atoms with van der Waals surface area (Å²) in [6.45, 7) is 6.10. The van der Waals surface area contributed by atoms with Crippen molar-refractivity contribution in [3.8, 4) is 0 Å². The molecular weight excluding hydrogens is 475 g/mol. The van der Waals surface area contributed by atoms with Crippen molar-refractivity contribution in [2.45, 2.75) is 26.7 Å². The van der Waals surface area contributed by atoms with Crippen molar-refractivity contribution in [3.63, 3.8) is 0 Å². The molecule has 1 saturated heterocycles. The molecule has 0 spiro atoms. The van der Waals surface area contributed by atoms with Crippen LogP contribution in [0, 0.1) is 12.7 Å². The van der Waals surface area contributed by atoms with E-state index in [9.17, 15) is 14.0 Å². The summed E-state index contributed by atoms with van der Waals surface area (Å²) < 4.78 is 13.4. The number of amidine groups is 1. The largest absolute Gasteiger partial charge is 0.320 e. The Bertz CT molecular complexity index is 1480. The number of carbonyl (C=O) groups excluding carboxylic acids is 2. The second-order valence-corrected chi connectivity index (χ2v) is 9.90. The van der Waals surface area contributed by atoms with Crippen molar-refractivity contribution in [2.75, 3.05) is 10.2 Å². The zero-order chi connectivity index (χ0) is 25.4. The Labute approximate surface area is 212 Å². The third-order valence-corrected chi connectivity index (χ3v) is 6.86. The van der Waals surface area contributed by atoms with Gasteiger partial charge in [-0.25, -0.2) is 4.39 Å². The number of aryl methyl sites for hydroxylation is 1. The minimum absolute atomic E-state index is 0.195. The molecule has 180 valence electrons. The van der Waals surface area contributed by atoms with Crippen LogP contribution in [0.2, 0.25) is 0 Å². The highest BCUT2D eigenvalue weighted by atomic mass is 32.2. The fourth-order valence-electron chi connectivity index (χ4n) is 3.96. The van der Waals surface area contributed by atoms with Gasteiger partial charge in [0.15, 0.2) is 5.71 Å². The summed E-state index contributed by atoms with van der Waals surface area (Å²) in [7, 11) is 0. The van der Waals surface area contributed by atoms with Gasteiger partial charge < -0.3 is 5.32 Å². The van der Waals surface area contributed by atoms with Crippen LogP contribution in [-0.4, -0.2) is 22.7 Å². The van der Waals surface area contributed by atoms with Crippen molar-refractivity contribution in [3.05, 3.63) is 99.7 Å². The van der Waals surface area contributed by atoms with E-state index in [4.69, 9.17) is 0 Å². The number of nitrogens with one attached hydrogen (secondary N) is 1. The Morgan fingerprint density at radius 2 is 1.78 bits per heavy atom. The average Bonchev–Trinajstić information content (AvgIpc) is 3.34. The van der Waals surface area contributed by atoms with E-state index in [0.717, 1.165) is 22.9 Å². The Kier molecular flexibility index (Phi) is 6.28. The first-order valence-corrected chi connectivity index (χ1v) is 12.3. The van der Waals surface area contributed by atoms with Crippen LogP contribution in [0.1, 0.15) is 42.0 Å². The normalized spacial score (nSPS) is 18.6. The summed E-state index contributed by atoms with van der Waals surface area (Å²) in [4.78, 5) is 28.0. The number of rotatable bonds is 4. The highest BCUT2D eigenvalue weighted by Gasteiger charge is 2.35. The molecule has 2 amide bonds. The molecule has 36 heavy (non-hydrogen) atoms. The van der Waals surface area contributed by atoms with Crippen molar-refractivity contribution >= 4 is 51.9 Å². The molecule has 6 nitrogen and oxygen atoms in total. The topological polar surface area (TPSA) is 74.1 Å². The van der Waals surface area contributed by atoms with E-state index in [-0.39, 0.29) is 29.3 Å². The quantitative estimate of drug-likeness (QED) is 0.349. The number of hydrogen-bond donors (Lipinski definition) is 1. The number of fused-ring (bicyclic) bond motifs is 1. The van der Waals surface area contributed by atoms with E-state index in [1.54, 1.807) is 18.2 Å². The van der Waals surface area contributed by atoms with Crippen LogP contribution in [0.4, 0.5) is 15.8 Å². The molecule has 3 aromatic rings. The van der Waals surface area contributed by atoms with E-state index in [1.165, 1.54) is 17.0 Å². The first-order valence-electron chi connectivity index (χ1n) is 11.5. The predicted octanol–water partition coefficient (Wildman–Crippen LogP) is 6.09. The molecular formula is C28H23FN4O2S. The number of benzene rings is 3. The molecule has 0 aromatic heterocycles. The zero-order valence-electron chi connectivity index (χ0n) is 19.9. The number of hydrogen-bond acceptors (Lipinski definition) is 5. The Morgan fingerprint density at radius 3 is 2.53 bits per heavy atom. The SMILES string of the molecule is Cc1ccc2c(c1)C(=NN=C1SC(=Cc3ccc(F)cc3)C(=O)N1c1cccc(C(C)C)c1)C(=O)N2. The second kappa shape index (κ2) is 9.54. The molecule has 2 heterocycles. The smallest absolute Gasteiger partial charge is 0.276 e. The minimum atomic E-state index is -0.349.